The van der Waals surface area contributed by atoms with Crippen LogP contribution in [0.3, 0.4) is 0 Å². The molecule has 0 radical (unpaired) electrons. The Labute approximate surface area is 111 Å². The molecule has 3 nitrogen and oxygen atoms in total. The molecule has 0 bridgehead atoms. The third-order valence-corrected chi connectivity index (χ3v) is 3.71. The van der Waals surface area contributed by atoms with Gasteiger partial charge in [0.25, 0.3) is 5.91 Å². The highest BCUT2D eigenvalue weighted by atomic mass is 35.5. The van der Waals surface area contributed by atoms with E-state index >= 15 is 0 Å². The molecule has 98 valence electrons. The van der Waals surface area contributed by atoms with Crippen molar-refractivity contribution in [1.29, 1.82) is 0 Å². The highest BCUT2D eigenvalue weighted by molar-refractivity contribution is 6.30. The van der Waals surface area contributed by atoms with Crippen LogP contribution in [-0.2, 0) is 0 Å². The molecule has 1 saturated heterocycles. The zero-order chi connectivity index (χ0) is 13.1. The summed E-state index contributed by atoms with van der Waals surface area (Å²) in [5, 5.41) is 0.0355. The van der Waals surface area contributed by atoms with E-state index in [9.17, 15) is 9.18 Å². The predicted octanol–water partition coefficient (Wildman–Crippen LogP) is 2.29. The van der Waals surface area contributed by atoms with Gasteiger partial charge in [0.05, 0.1) is 5.02 Å². The van der Waals surface area contributed by atoms with Gasteiger partial charge in [-0.2, -0.15) is 0 Å². The monoisotopic (exact) mass is 270 g/mol. The Bertz CT molecular complexity index is 445. The van der Waals surface area contributed by atoms with Crippen molar-refractivity contribution in [3.05, 3.63) is 34.6 Å². The van der Waals surface area contributed by atoms with Crippen molar-refractivity contribution in [2.75, 3.05) is 19.6 Å². The maximum Gasteiger partial charge on any atom is 0.253 e. The van der Waals surface area contributed by atoms with Gasteiger partial charge in [-0.25, -0.2) is 4.39 Å². The second kappa shape index (κ2) is 5.67. The molecule has 2 N–H and O–H groups in total. The maximum absolute atomic E-state index is 13.3. The fourth-order valence-corrected chi connectivity index (χ4v) is 2.30. The molecule has 1 aliphatic rings. The lowest BCUT2D eigenvalue weighted by Crippen LogP contribution is -2.40. The van der Waals surface area contributed by atoms with Crippen LogP contribution in [0.5, 0.6) is 0 Å². The number of carbonyl (C=O) groups is 1. The number of rotatable bonds is 2. The van der Waals surface area contributed by atoms with Crippen LogP contribution in [0.2, 0.25) is 5.02 Å². The second-order valence-corrected chi connectivity index (χ2v) is 5.01. The fourth-order valence-electron chi connectivity index (χ4n) is 2.18. The third kappa shape index (κ3) is 2.82. The van der Waals surface area contributed by atoms with Gasteiger partial charge in [-0.05, 0) is 43.5 Å². The minimum Gasteiger partial charge on any atom is -0.339 e. The van der Waals surface area contributed by atoms with E-state index in [0.29, 0.717) is 31.1 Å². The van der Waals surface area contributed by atoms with E-state index in [4.69, 9.17) is 17.3 Å². The van der Waals surface area contributed by atoms with Gasteiger partial charge in [0, 0.05) is 18.7 Å². The molecule has 0 aliphatic carbocycles. The van der Waals surface area contributed by atoms with Gasteiger partial charge in [0.15, 0.2) is 0 Å². The van der Waals surface area contributed by atoms with E-state index in [1.165, 1.54) is 12.1 Å². The van der Waals surface area contributed by atoms with Crippen LogP contribution >= 0.6 is 11.6 Å². The van der Waals surface area contributed by atoms with Gasteiger partial charge in [0.2, 0.25) is 0 Å². The summed E-state index contributed by atoms with van der Waals surface area (Å²) in [6.45, 7) is 2.04. The molecule has 0 atom stereocenters. The molecule has 1 heterocycles. The summed E-state index contributed by atoms with van der Waals surface area (Å²) in [5.74, 6) is -0.198. The molecule has 0 aromatic heterocycles. The maximum atomic E-state index is 13.3. The van der Waals surface area contributed by atoms with Gasteiger partial charge < -0.3 is 10.6 Å². The second-order valence-electron chi connectivity index (χ2n) is 4.60. The summed E-state index contributed by atoms with van der Waals surface area (Å²) in [6.07, 6.45) is 1.83. The average Bonchev–Trinajstić information content (AvgIpc) is 2.41. The lowest BCUT2D eigenvalue weighted by atomic mass is 9.96. The molecule has 1 aromatic rings. The minimum atomic E-state index is -0.556. The number of hydrogen-bond acceptors (Lipinski definition) is 2. The first-order valence-corrected chi connectivity index (χ1v) is 6.44. The van der Waals surface area contributed by atoms with E-state index in [1.54, 1.807) is 11.0 Å². The van der Waals surface area contributed by atoms with Crippen LogP contribution in [-0.4, -0.2) is 30.4 Å². The summed E-state index contributed by atoms with van der Waals surface area (Å²) in [7, 11) is 0. The Balaban J connectivity index is 2.05. The molecule has 0 saturated carbocycles. The quantitative estimate of drug-likeness (QED) is 0.896. The Kier molecular flexibility index (Phi) is 4.19. The normalized spacial score (nSPS) is 16.9. The van der Waals surface area contributed by atoms with Gasteiger partial charge >= 0.3 is 0 Å². The van der Waals surface area contributed by atoms with Crippen molar-refractivity contribution in [3.63, 3.8) is 0 Å². The van der Waals surface area contributed by atoms with Crippen molar-refractivity contribution in [2.24, 2.45) is 11.7 Å². The number of carbonyl (C=O) groups excluding carboxylic acids is 1. The third-order valence-electron chi connectivity index (χ3n) is 3.40. The molecule has 0 unspecified atom stereocenters. The van der Waals surface area contributed by atoms with Crippen molar-refractivity contribution in [3.8, 4) is 0 Å². The molecule has 1 aliphatic heterocycles. The summed E-state index contributed by atoms with van der Waals surface area (Å²) in [5.41, 5.74) is 5.95. The largest absolute Gasteiger partial charge is 0.339 e. The molecule has 1 amide bonds. The van der Waals surface area contributed by atoms with Crippen molar-refractivity contribution in [1.82, 2.24) is 4.90 Å². The van der Waals surface area contributed by atoms with Crippen molar-refractivity contribution < 1.29 is 9.18 Å². The number of nitrogens with zero attached hydrogens (tertiary/aromatic N) is 1. The van der Waals surface area contributed by atoms with E-state index in [1.807, 2.05) is 0 Å². The first-order valence-electron chi connectivity index (χ1n) is 6.06. The predicted molar refractivity (Wildman–Crippen MR) is 69.1 cm³/mol. The number of nitrogens with two attached hydrogens (primary N) is 1. The van der Waals surface area contributed by atoms with Gasteiger partial charge in [-0.15, -0.1) is 0 Å². The molecule has 5 heteroatoms. The first kappa shape index (κ1) is 13.3. The molecular weight excluding hydrogens is 255 g/mol. The Hall–Kier alpha value is -1.13. The summed E-state index contributed by atoms with van der Waals surface area (Å²) >= 11 is 5.60. The first-order chi connectivity index (χ1) is 8.61. The standard InChI is InChI=1S/C13H16ClFN2O/c14-11-2-1-10(7-12(11)15)13(18)17-5-3-9(8-16)4-6-17/h1-2,7,9H,3-6,8,16H2. The fraction of sp³-hybridized carbons (Fsp3) is 0.462. The lowest BCUT2D eigenvalue weighted by Gasteiger charge is -2.31. The number of hydrogen-bond donors (Lipinski definition) is 1. The van der Waals surface area contributed by atoms with Crippen molar-refractivity contribution >= 4 is 17.5 Å². The average molecular weight is 271 g/mol. The zero-order valence-corrected chi connectivity index (χ0v) is 10.8. The van der Waals surface area contributed by atoms with E-state index in [2.05, 4.69) is 0 Å². The number of piperidine rings is 1. The Morgan fingerprint density at radius 1 is 1.44 bits per heavy atom. The molecule has 18 heavy (non-hydrogen) atoms. The minimum absolute atomic E-state index is 0.0355. The smallest absolute Gasteiger partial charge is 0.253 e. The SMILES string of the molecule is NCC1CCN(C(=O)c2ccc(Cl)c(F)c2)CC1. The van der Waals surface area contributed by atoms with E-state index < -0.39 is 5.82 Å². The molecule has 2 rings (SSSR count). The van der Waals surface area contributed by atoms with Crippen LogP contribution in [0.15, 0.2) is 18.2 Å². The van der Waals surface area contributed by atoms with E-state index in [-0.39, 0.29) is 10.9 Å². The van der Waals surface area contributed by atoms with Crippen molar-refractivity contribution in [2.45, 2.75) is 12.8 Å². The van der Waals surface area contributed by atoms with Crippen LogP contribution < -0.4 is 5.73 Å². The van der Waals surface area contributed by atoms with Gasteiger partial charge in [0.1, 0.15) is 5.82 Å². The van der Waals surface area contributed by atoms with Crippen LogP contribution in [0.1, 0.15) is 23.2 Å². The topological polar surface area (TPSA) is 46.3 Å². The zero-order valence-electron chi connectivity index (χ0n) is 10.0. The van der Waals surface area contributed by atoms with Gasteiger partial charge in [-0.3, -0.25) is 4.79 Å². The lowest BCUT2D eigenvalue weighted by molar-refractivity contribution is 0.0693. The van der Waals surface area contributed by atoms with E-state index in [0.717, 1.165) is 12.8 Å². The number of halogens is 2. The highest BCUT2D eigenvalue weighted by Gasteiger charge is 2.23. The number of amides is 1. The van der Waals surface area contributed by atoms with Crippen LogP contribution in [0, 0.1) is 11.7 Å². The molecular formula is C13H16ClFN2O. The molecule has 1 fully saturated rings. The number of benzene rings is 1. The molecule has 1 aromatic carbocycles. The van der Waals surface area contributed by atoms with Gasteiger partial charge in [-0.1, -0.05) is 11.6 Å². The Morgan fingerprint density at radius 3 is 2.67 bits per heavy atom. The summed E-state index contributed by atoms with van der Waals surface area (Å²) in [6, 6.07) is 4.17. The van der Waals surface area contributed by atoms with Crippen LogP contribution in [0.25, 0.3) is 0 Å². The summed E-state index contributed by atoms with van der Waals surface area (Å²) < 4.78 is 13.3. The van der Waals surface area contributed by atoms with Crippen LogP contribution in [0.4, 0.5) is 4.39 Å². The number of likely N-dealkylation sites (tertiary alicyclic amines) is 1. The Morgan fingerprint density at radius 2 is 2.11 bits per heavy atom. The highest BCUT2D eigenvalue weighted by Crippen LogP contribution is 2.20. The summed E-state index contributed by atoms with van der Waals surface area (Å²) in [4.78, 5) is 13.9. The molecule has 0 spiro atoms.